The summed E-state index contributed by atoms with van der Waals surface area (Å²) in [5.41, 5.74) is 2.25. The van der Waals surface area contributed by atoms with Gasteiger partial charge in [0.2, 0.25) is 0 Å². The van der Waals surface area contributed by atoms with Crippen molar-refractivity contribution < 1.29 is 19.1 Å². The average molecular weight is 383 g/mol. The summed E-state index contributed by atoms with van der Waals surface area (Å²) in [6.45, 7) is 6.32. The van der Waals surface area contributed by atoms with Crippen LogP contribution in [-0.4, -0.2) is 18.0 Å². The van der Waals surface area contributed by atoms with Crippen LogP contribution in [0.15, 0.2) is 35.1 Å². The summed E-state index contributed by atoms with van der Waals surface area (Å²) >= 11 is 0. The fraction of sp³-hybridized carbons (Fsp3) is 0.625. The molecule has 0 saturated heterocycles. The van der Waals surface area contributed by atoms with Crippen molar-refractivity contribution in [3.8, 4) is 0 Å². The zero-order valence-electron chi connectivity index (χ0n) is 17.1. The molecule has 3 saturated carbocycles. The Balaban J connectivity index is 1.66. The molecule has 150 valence electrons. The van der Waals surface area contributed by atoms with E-state index in [0.29, 0.717) is 17.8 Å². The van der Waals surface area contributed by atoms with Gasteiger partial charge >= 0.3 is 5.97 Å². The number of ether oxygens (including phenoxy) is 1. The van der Waals surface area contributed by atoms with Crippen LogP contribution in [0.4, 0.5) is 0 Å². The predicted molar refractivity (Wildman–Crippen MR) is 106 cm³/mol. The van der Waals surface area contributed by atoms with E-state index in [0.717, 1.165) is 50.4 Å². The van der Waals surface area contributed by atoms with Crippen molar-refractivity contribution >= 4 is 18.0 Å². The van der Waals surface area contributed by atoms with E-state index in [-0.39, 0.29) is 34.8 Å². The topological polar surface area (TPSA) is 60.4 Å². The van der Waals surface area contributed by atoms with Gasteiger partial charge in [0.05, 0.1) is 0 Å². The van der Waals surface area contributed by atoms with Crippen molar-refractivity contribution in [1.82, 2.24) is 0 Å². The van der Waals surface area contributed by atoms with E-state index in [9.17, 15) is 14.4 Å². The third-order valence-corrected chi connectivity index (χ3v) is 8.26. The van der Waals surface area contributed by atoms with Crippen molar-refractivity contribution in [3.05, 3.63) is 35.1 Å². The monoisotopic (exact) mass is 382 g/mol. The highest BCUT2D eigenvalue weighted by molar-refractivity contribution is 6.01. The second-order valence-corrected chi connectivity index (χ2v) is 9.39. The van der Waals surface area contributed by atoms with Gasteiger partial charge in [0.25, 0.3) is 0 Å². The number of rotatable bonds is 3. The number of hydrogen-bond acceptors (Lipinski definition) is 4. The Morgan fingerprint density at radius 3 is 2.71 bits per heavy atom. The molecule has 0 aliphatic heterocycles. The Labute approximate surface area is 167 Å². The van der Waals surface area contributed by atoms with E-state index in [1.165, 1.54) is 5.57 Å². The number of hydrogen-bond donors (Lipinski definition) is 0. The van der Waals surface area contributed by atoms with Crippen molar-refractivity contribution in [2.24, 2.45) is 28.6 Å². The molecule has 4 nitrogen and oxygen atoms in total. The molecule has 4 rings (SSSR count). The summed E-state index contributed by atoms with van der Waals surface area (Å²) in [6, 6.07) is 0. The van der Waals surface area contributed by atoms with Gasteiger partial charge in [-0.25, -0.2) is 0 Å². The van der Waals surface area contributed by atoms with E-state index >= 15 is 0 Å². The molecule has 0 unspecified atom stereocenters. The standard InChI is InChI=1S/C24H30O4/c1-4-22(27)28-21(14-25)20-8-7-18-17-6-5-15-13-16(26)9-11-23(15,2)19(17)10-12-24(18,20)3/h9,11,13-14,17-19H,4-8,10,12H2,1-3H3/t17-,18-,19-,23-,24-/m0/s1. The molecule has 4 aliphatic rings. The smallest absolute Gasteiger partial charge is 0.311 e. The Morgan fingerprint density at radius 1 is 1.21 bits per heavy atom. The first-order valence-corrected chi connectivity index (χ1v) is 10.7. The lowest BCUT2D eigenvalue weighted by molar-refractivity contribution is -0.141. The van der Waals surface area contributed by atoms with Crippen LogP contribution in [0, 0.1) is 28.6 Å². The fourth-order valence-corrected chi connectivity index (χ4v) is 6.77. The zero-order valence-corrected chi connectivity index (χ0v) is 17.1. The normalized spacial score (nSPS) is 40.8. The largest absolute Gasteiger partial charge is 0.423 e. The molecule has 5 atom stereocenters. The van der Waals surface area contributed by atoms with Crippen molar-refractivity contribution in [1.29, 1.82) is 0 Å². The minimum absolute atomic E-state index is 0.0210. The van der Waals surface area contributed by atoms with Crippen LogP contribution < -0.4 is 0 Å². The van der Waals surface area contributed by atoms with Crippen molar-refractivity contribution in [2.45, 2.75) is 65.7 Å². The Kier molecular flexibility index (Phi) is 4.71. The van der Waals surface area contributed by atoms with Gasteiger partial charge in [-0.05, 0) is 79.4 Å². The van der Waals surface area contributed by atoms with E-state index < -0.39 is 0 Å². The van der Waals surface area contributed by atoms with Gasteiger partial charge in [0.15, 0.2) is 17.8 Å². The highest BCUT2D eigenvalue weighted by Crippen LogP contribution is 2.66. The molecule has 0 N–H and O–H groups in total. The van der Waals surface area contributed by atoms with Gasteiger partial charge in [-0.2, -0.15) is 0 Å². The molecule has 0 radical (unpaired) electrons. The highest BCUT2D eigenvalue weighted by Gasteiger charge is 2.57. The molecule has 4 aliphatic carbocycles. The Bertz CT molecular complexity index is 816. The van der Waals surface area contributed by atoms with Gasteiger partial charge in [0, 0.05) is 11.8 Å². The van der Waals surface area contributed by atoms with Crippen LogP contribution in [0.25, 0.3) is 0 Å². The first kappa shape index (κ1) is 19.4. The third kappa shape index (κ3) is 2.75. The maximum Gasteiger partial charge on any atom is 0.311 e. The molecule has 28 heavy (non-hydrogen) atoms. The van der Waals surface area contributed by atoms with E-state index in [1.54, 1.807) is 13.0 Å². The highest BCUT2D eigenvalue weighted by atomic mass is 16.5. The van der Waals surface area contributed by atoms with Crippen molar-refractivity contribution in [3.63, 3.8) is 0 Å². The van der Waals surface area contributed by atoms with Gasteiger partial charge in [-0.3, -0.25) is 14.4 Å². The summed E-state index contributed by atoms with van der Waals surface area (Å²) in [7, 11) is 0. The number of carbonyl (C=O) groups is 3. The molecule has 0 heterocycles. The minimum Gasteiger partial charge on any atom is -0.423 e. The quantitative estimate of drug-likeness (QED) is 0.307. The van der Waals surface area contributed by atoms with Crippen LogP contribution in [0.3, 0.4) is 0 Å². The van der Waals surface area contributed by atoms with Gasteiger partial charge in [-0.15, -0.1) is 0 Å². The van der Waals surface area contributed by atoms with Crippen LogP contribution >= 0.6 is 0 Å². The number of ketones is 1. The summed E-state index contributed by atoms with van der Waals surface area (Å²) < 4.78 is 5.42. The summed E-state index contributed by atoms with van der Waals surface area (Å²) in [4.78, 5) is 35.4. The van der Waals surface area contributed by atoms with Crippen molar-refractivity contribution in [2.75, 3.05) is 0 Å². The second-order valence-electron chi connectivity index (χ2n) is 9.39. The molecule has 0 aromatic rings. The fourth-order valence-electron chi connectivity index (χ4n) is 6.77. The van der Waals surface area contributed by atoms with Gasteiger partial charge in [0.1, 0.15) is 0 Å². The Hall–Kier alpha value is -1.97. The number of aldehydes is 1. The van der Waals surface area contributed by atoms with Crippen LogP contribution in [-0.2, 0) is 19.1 Å². The van der Waals surface area contributed by atoms with Gasteiger partial charge < -0.3 is 4.74 Å². The molecule has 0 aromatic heterocycles. The van der Waals surface area contributed by atoms with E-state index in [1.807, 2.05) is 6.08 Å². The zero-order chi connectivity index (χ0) is 20.1. The maximum absolute atomic E-state index is 11.9. The molecule has 4 heteroatoms. The molecule has 3 fully saturated rings. The lowest BCUT2D eigenvalue weighted by Gasteiger charge is -2.56. The third-order valence-electron chi connectivity index (χ3n) is 8.26. The number of esters is 1. The van der Waals surface area contributed by atoms with E-state index in [2.05, 4.69) is 19.9 Å². The van der Waals surface area contributed by atoms with Crippen LogP contribution in [0.1, 0.15) is 65.7 Å². The lowest BCUT2D eigenvalue weighted by atomic mass is 9.48. The average Bonchev–Trinajstić information content (AvgIpc) is 3.03. The SMILES string of the molecule is CCC(=O)OC(C=O)=C1CC[C@H]2[C@@H]3CCC4=CC(=O)C=C[C@]4(C)[C@H]3CC[C@]12C. The Morgan fingerprint density at radius 2 is 2.00 bits per heavy atom. The summed E-state index contributed by atoms with van der Waals surface area (Å²) in [5.74, 6) is 1.65. The molecule has 0 aromatic carbocycles. The van der Waals surface area contributed by atoms with Crippen LogP contribution in [0.5, 0.6) is 0 Å². The first-order chi connectivity index (χ1) is 13.3. The summed E-state index contributed by atoms with van der Waals surface area (Å²) in [5, 5.41) is 0. The molecular weight excluding hydrogens is 352 g/mol. The second kappa shape index (κ2) is 6.82. The molecule has 0 amide bonds. The molecular formula is C24H30O4. The summed E-state index contributed by atoms with van der Waals surface area (Å²) in [6.07, 6.45) is 12.8. The minimum atomic E-state index is -0.340. The first-order valence-electron chi connectivity index (χ1n) is 10.7. The number of carbonyl (C=O) groups excluding carboxylic acids is 3. The predicted octanol–water partition coefficient (Wildman–Crippen LogP) is 4.70. The number of allylic oxidation sites excluding steroid dienone is 6. The molecule has 0 spiro atoms. The van der Waals surface area contributed by atoms with Gasteiger partial charge in [-0.1, -0.05) is 32.4 Å². The lowest BCUT2D eigenvalue weighted by Crippen LogP contribution is -2.48. The molecule has 0 bridgehead atoms. The number of fused-ring (bicyclic) bond motifs is 5. The van der Waals surface area contributed by atoms with E-state index in [4.69, 9.17) is 4.74 Å². The maximum atomic E-state index is 11.9. The van der Waals surface area contributed by atoms with Crippen LogP contribution in [0.2, 0.25) is 0 Å².